The van der Waals surface area contributed by atoms with Gasteiger partial charge in [-0.2, -0.15) is 5.10 Å². The van der Waals surface area contributed by atoms with Crippen LogP contribution in [0.15, 0.2) is 36.7 Å². The van der Waals surface area contributed by atoms with E-state index in [9.17, 15) is 9.18 Å². The molecule has 3 rings (SSSR count). The van der Waals surface area contributed by atoms with Crippen molar-refractivity contribution in [2.24, 2.45) is 0 Å². The third kappa shape index (κ3) is 3.83. The van der Waals surface area contributed by atoms with E-state index in [2.05, 4.69) is 25.5 Å². The van der Waals surface area contributed by atoms with Crippen molar-refractivity contribution in [3.63, 3.8) is 0 Å². The Morgan fingerprint density at radius 1 is 1.36 bits per heavy atom. The lowest BCUT2D eigenvalue weighted by Gasteiger charge is -2.08. The van der Waals surface area contributed by atoms with Crippen LogP contribution in [-0.2, 0) is 6.42 Å². The molecule has 0 spiro atoms. The molecule has 0 atom stereocenters. The number of hydrogen-bond acceptors (Lipinski definition) is 4. The van der Waals surface area contributed by atoms with Crippen LogP contribution in [0.3, 0.4) is 0 Å². The summed E-state index contributed by atoms with van der Waals surface area (Å²) in [6.45, 7) is 1.98. The Morgan fingerprint density at radius 3 is 2.96 bits per heavy atom. The second-order valence-corrected chi connectivity index (χ2v) is 5.78. The number of H-pyrrole nitrogens is 1. The van der Waals surface area contributed by atoms with Crippen LogP contribution in [0, 0.1) is 12.7 Å². The number of aromatic amines is 1. The van der Waals surface area contributed by atoms with E-state index in [0.717, 1.165) is 5.56 Å². The van der Waals surface area contributed by atoms with Crippen molar-refractivity contribution in [2.45, 2.75) is 13.3 Å². The Labute approximate surface area is 148 Å². The highest BCUT2D eigenvalue weighted by Crippen LogP contribution is 2.23. The third-order valence-electron chi connectivity index (χ3n) is 3.61. The molecule has 6 nitrogen and oxygen atoms in total. The van der Waals surface area contributed by atoms with Crippen LogP contribution < -0.4 is 5.32 Å². The molecule has 0 aliphatic carbocycles. The van der Waals surface area contributed by atoms with Gasteiger partial charge in [-0.1, -0.05) is 17.7 Å². The van der Waals surface area contributed by atoms with Gasteiger partial charge in [0, 0.05) is 30.9 Å². The van der Waals surface area contributed by atoms with Crippen LogP contribution in [0.4, 0.5) is 4.39 Å². The molecule has 0 aliphatic rings. The minimum absolute atomic E-state index is 0.121. The SMILES string of the molecule is Cc1ccc(F)c(C(=O)NCCc2nc(-c3cccnc3)n[nH]2)c1Cl. The van der Waals surface area contributed by atoms with E-state index in [1.54, 1.807) is 25.4 Å². The minimum atomic E-state index is -0.647. The van der Waals surface area contributed by atoms with Crippen molar-refractivity contribution in [1.82, 2.24) is 25.5 Å². The number of carbonyl (C=O) groups excluding carboxylic acids is 1. The fourth-order valence-electron chi connectivity index (χ4n) is 2.28. The van der Waals surface area contributed by atoms with Crippen LogP contribution >= 0.6 is 11.6 Å². The molecule has 1 aromatic carbocycles. The number of rotatable bonds is 5. The van der Waals surface area contributed by atoms with Gasteiger partial charge in [0.2, 0.25) is 0 Å². The number of nitrogens with zero attached hydrogens (tertiary/aromatic N) is 3. The lowest BCUT2D eigenvalue weighted by molar-refractivity contribution is 0.0950. The molecule has 2 N–H and O–H groups in total. The van der Waals surface area contributed by atoms with E-state index in [4.69, 9.17) is 11.6 Å². The van der Waals surface area contributed by atoms with Crippen LogP contribution in [0.5, 0.6) is 0 Å². The zero-order valence-electron chi connectivity index (χ0n) is 13.4. The maximum atomic E-state index is 13.8. The number of hydrogen-bond donors (Lipinski definition) is 2. The Balaban J connectivity index is 1.61. The lowest BCUT2D eigenvalue weighted by Crippen LogP contribution is -2.27. The predicted molar refractivity (Wildman–Crippen MR) is 91.8 cm³/mol. The molecule has 0 unspecified atom stereocenters. The third-order valence-corrected chi connectivity index (χ3v) is 4.10. The van der Waals surface area contributed by atoms with Gasteiger partial charge >= 0.3 is 0 Å². The van der Waals surface area contributed by atoms with Gasteiger partial charge in [-0.3, -0.25) is 14.9 Å². The van der Waals surface area contributed by atoms with Crippen LogP contribution in [0.2, 0.25) is 5.02 Å². The summed E-state index contributed by atoms with van der Waals surface area (Å²) in [4.78, 5) is 20.5. The van der Waals surface area contributed by atoms with E-state index < -0.39 is 11.7 Å². The number of carbonyl (C=O) groups is 1. The number of benzene rings is 1. The lowest BCUT2D eigenvalue weighted by atomic mass is 10.1. The predicted octanol–water partition coefficient (Wildman–Crippen LogP) is 2.94. The van der Waals surface area contributed by atoms with Crippen molar-refractivity contribution in [2.75, 3.05) is 6.54 Å². The Bertz CT molecular complexity index is 897. The normalized spacial score (nSPS) is 10.7. The molecule has 2 heterocycles. The summed E-state index contributed by atoms with van der Waals surface area (Å²) < 4.78 is 13.8. The molecule has 0 saturated carbocycles. The molecule has 3 aromatic rings. The Kier molecular flexibility index (Phi) is 5.04. The topological polar surface area (TPSA) is 83.6 Å². The maximum absolute atomic E-state index is 13.8. The van der Waals surface area contributed by atoms with Crippen molar-refractivity contribution < 1.29 is 9.18 Å². The van der Waals surface area contributed by atoms with E-state index in [0.29, 0.717) is 23.6 Å². The van der Waals surface area contributed by atoms with Crippen molar-refractivity contribution >= 4 is 17.5 Å². The minimum Gasteiger partial charge on any atom is -0.351 e. The molecule has 1 amide bonds. The first-order valence-corrected chi connectivity index (χ1v) is 7.98. The molecule has 2 aromatic heterocycles. The van der Waals surface area contributed by atoms with Crippen LogP contribution in [0.25, 0.3) is 11.4 Å². The van der Waals surface area contributed by atoms with E-state index in [1.807, 2.05) is 6.07 Å². The van der Waals surface area contributed by atoms with Gasteiger partial charge in [-0.05, 0) is 30.7 Å². The van der Waals surface area contributed by atoms with Gasteiger partial charge in [-0.25, -0.2) is 9.37 Å². The fourth-order valence-corrected chi connectivity index (χ4v) is 2.52. The summed E-state index contributed by atoms with van der Waals surface area (Å²) in [6.07, 6.45) is 3.75. The van der Waals surface area contributed by atoms with Gasteiger partial charge < -0.3 is 5.32 Å². The molecule has 0 radical (unpaired) electrons. The van der Waals surface area contributed by atoms with Crippen LogP contribution in [0.1, 0.15) is 21.7 Å². The van der Waals surface area contributed by atoms with Gasteiger partial charge in [-0.15, -0.1) is 0 Å². The summed E-state index contributed by atoms with van der Waals surface area (Å²) in [5.74, 6) is -0.0676. The van der Waals surface area contributed by atoms with Gasteiger partial charge in [0.1, 0.15) is 11.6 Å². The summed E-state index contributed by atoms with van der Waals surface area (Å²) >= 11 is 6.03. The van der Waals surface area contributed by atoms with E-state index in [1.165, 1.54) is 12.1 Å². The Morgan fingerprint density at radius 2 is 2.20 bits per heavy atom. The molecule has 0 bridgehead atoms. The smallest absolute Gasteiger partial charge is 0.255 e. The molecule has 0 saturated heterocycles. The van der Waals surface area contributed by atoms with Crippen molar-refractivity contribution in [1.29, 1.82) is 0 Å². The highest BCUT2D eigenvalue weighted by atomic mass is 35.5. The number of aryl methyl sites for hydroxylation is 1. The summed E-state index contributed by atoms with van der Waals surface area (Å²) in [7, 11) is 0. The molecule has 25 heavy (non-hydrogen) atoms. The monoisotopic (exact) mass is 359 g/mol. The first-order valence-electron chi connectivity index (χ1n) is 7.60. The van der Waals surface area contributed by atoms with E-state index >= 15 is 0 Å². The number of halogens is 2. The second-order valence-electron chi connectivity index (χ2n) is 5.41. The first kappa shape index (κ1) is 17.0. The summed E-state index contributed by atoms with van der Waals surface area (Å²) in [5, 5.41) is 9.68. The fraction of sp³-hybridized carbons (Fsp3) is 0.176. The molecule has 128 valence electrons. The highest BCUT2D eigenvalue weighted by Gasteiger charge is 2.17. The first-order chi connectivity index (χ1) is 12.1. The largest absolute Gasteiger partial charge is 0.351 e. The number of aromatic nitrogens is 4. The molecular formula is C17H15ClFN5O. The van der Waals surface area contributed by atoms with Crippen molar-refractivity contribution in [3.8, 4) is 11.4 Å². The zero-order chi connectivity index (χ0) is 17.8. The average Bonchev–Trinajstić information content (AvgIpc) is 3.08. The van der Waals surface area contributed by atoms with E-state index in [-0.39, 0.29) is 17.1 Å². The zero-order valence-corrected chi connectivity index (χ0v) is 14.1. The van der Waals surface area contributed by atoms with Gasteiger partial charge in [0.25, 0.3) is 5.91 Å². The molecule has 0 aliphatic heterocycles. The number of nitrogens with one attached hydrogen (secondary N) is 2. The molecule has 8 heteroatoms. The van der Waals surface area contributed by atoms with Crippen LogP contribution in [-0.4, -0.2) is 32.6 Å². The van der Waals surface area contributed by atoms with Gasteiger partial charge in [0.05, 0.1) is 10.6 Å². The second kappa shape index (κ2) is 7.40. The van der Waals surface area contributed by atoms with Crippen molar-refractivity contribution in [3.05, 3.63) is 64.5 Å². The average molecular weight is 360 g/mol. The summed E-state index contributed by atoms with van der Waals surface area (Å²) in [6, 6.07) is 6.41. The maximum Gasteiger partial charge on any atom is 0.255 e. The number of amides is 1. The molecular weight excluding hydrogens is 345 g/mol. The quantitative estimate of drug-likeness (QED) is 0.733. The van der Waals surface area contributed by atoms with Gasteiger partial charge in [0.15, 0.2) is 5.82 Å². The Hall–Kier alpha value is -2.80. The number of pyridine rings is 1. The highest BCUT2D eigenvalue weighted by molar-refractivity contribution is 6.34. The molecule has 0 fully saturated rings. The standard InChI is InChI=1S/C17H15ClFN5O/c1-10-4-5-12(19)14(15(10)18)17(25)21-8-6-13-22-16(24-23-13)11-3-2-7-20-9-11/h2-5,7,9H,6,8H2,1H3,(H,21,25)(H,22,23,24). The summed E-state index contributed by atoms with van der Waals surface area (Å²) in [5.41, 5.74) is 1.29.